The summed E-state index contributed by atoms with van der Waals surface area (Å²) >= 11 is 0. The summed E-state index contributed by atoms with van der Waals surface area (Å²) in [5.74, 6) is -0.513. The molecule has 0 bridgehead atoms. The smallest absolute Gasteiger partial charge is 0.407 e. The van der Waals surface area contributed by atoms with E-state index in [4.69, 9.17) is 10.5 Å². The molecule has 0 fully saturated rings. The van der Waals surface area contributed by atoms with Crippen molar-refractivity contribution < 1.29 is 19.0 Å². The maximum atomic E-state index is 14.0. The van der Waals surface area contributed by atoms with Crippen LogP contribution in [0.4, 0.5) is 9.18 Å². The molecule has 4 N–H and O–H groups in total. The zero-order valence-corrected chi connectivity index (χ0v) is 13.5. The number of aliphatic hydroxyl groups is 1. The van der Waals surface area contributed by atoms with Crippen molar-refractivity contribution in [2.75, 3.05) is 6.54 Å². The molecule has 2 unspecified atom stereocenters. The topological polar surface area (TPSA) is 84.6 Å². The number of hydrogen-bond acceptors (Lipinski definition) is 4. The molecular weight excluding hydrogens is 287 g/mol. The van der Waals surface area contributed by atoms with Crippen molar-refractivity contribution in [3.63, 3.8) is 0 Å². The molecule has 1 rings (SSSR count). The van der Waals surface area contributed by atoms with Gasteiger partial charge in [-0.05, 0) is 52.3 Å². The maximum absolute atomic E-state index is 14.0. The van der Waals surface area contributed by atoms with Crippen molar-refractivity contribution in [1.29, 1.82) is 0 Å². The van der Waals surface area contributed by atoms with Gasteiger partial charge in [0.2, 0.25) is 0 Å². The van der Waals surface area contributed by atoms with E-state index < -0.39 is 29.7 Å². The summed E-state index contributed by atoms with van der Waals surface area (Å²) in [6.45, 7) is 7.21. The van der Waals surface area contributed by atoms with Gasteiger partial charge in [0.25, 0.3) is 0 Å². The second kappa shape index (κ2) is 7.56. The molecule has 2 atom stereocenters. The number of carbonyl (C=O) groups excluding carboxylic acids is 1. The molecule has 0 heterocycles. The first-order chi connectivity index (χ1) is 10.1. The van der Waals surface area contributed by atoms with Crippen LogP contribution in [-0.4, -0.2) is 29.4 Å². The van der Waals surface area contributed by atoms with Gasteiger partial charge in [-0.2, -0.15) is 0 Å². The van der Waals surface area contributed by atoms with Crippen LogP contribution in [0.5, 0.6) is 0 Å². The first-order valence-corrected chi connectivity index (χ1v) is 7.27. The lowest BCUT2D eigenvalue weighted by Gasteiger charge is -2.27. The summed E-state index contributed by atoms with van der Waals surface area (Å²) in [5.41, 5.74) is 5.74. The second-order valence-electron chi connectivity index (χ2n) is 6.30. The molecule has 5 nitrogen and oxygen atoms in total. The summed E-state index contributed by atoms with van der Waals surface area (Å²) in [5, 5.41) is 12.9. The van der Waals surface area contributed by atoms with Crippen LogP contribution in [-0.2, 0) is 4.74 Å². The van der Waals surface area contributed by atoms with Gasteiger partial charge in [-0.1, -0.05) is 12.1 Å². The lowest BCUT2D eigenvalue weighted by molar-refractivity contribution is 0.0412. The fourth-order valence-corrected chi connectivity index (χ4v) is 2.04. The molecule has 22 heavy (non-hydrogen) atoms. The van der Waals surface area contributed by atoms with Crippen molar-refractivity contribution in [2.45, 2.75) is 51.9 Å². The highest BCUT2D eigenvalue weighted by atomic mass is 19.1. The van der Waals surface area contributed by atoms with Crippen LogP contribution in [0.2, 0.25) is 0 Å². The zero-order chi connectivity index (χ0) is 16.9. The van der Waals surface area contributed by atoms with Crippen LogP contribution < -0.4 is 11.1 Å². The van der Waals surface area contributed by atoms with Crippen molar-refractivity contribution in [3.8, 4) is 0 Å². The van der Waals surface area contributed by atoms with Gasteiger partial charge in [0.05, 0.1) is 6.04 Å². The molecule has 124 valence electrons. The van der Waals surface area contributed by atoms with E-state index in [2.05, 4.69) is 5.32 Å². The first kappa shape index (κ1) is 18.4. The fraction of sp³-hybridized carbons (Fsp3) is 0.562. The Bertz CT molecular complexity index is 515. The minimum atomic E-state index is -1.20. The van der Waals surface area contributed by atoms with Gasteiger partial charge in [-0.15, -0.1) is 0 Å². The van der Waals surface area contributed by atoms with E-state index in [9.17, 15) is 14.3 Å². The van der Waals surface area contributed by atoms with Gasteiger partial charge >= 0.3 is 6.09 Å². The number of nitrogens with one attached hydrogen (secondary N) is 1. The Morgan fingerprint density at radius 3 is 2.59 bits per heavy atom. The van der Waals surface area contributed by atoms with Crippen molar-refractivity contribution in [1.82, 2.24) is 5.32 Å². The third-order valence-electron chi connectivity index (χ3n) is 3.04. The predicted molar refractivity (Wildman–Crippen MR) is 82.9 cm³/mol. The lowest BCUT2D eigenvalue weighted by Crippen LogP contribution is -2.43. The summed E-state index contributed by atoms with van der Waals surface area (Å²) < 4.78 is 19.1. The lowest BCUT2D eigenvalue weighted by atomic mass is 9.98. The average Bonchev–Trinajstić information content (AvgIpc) is 2.35. The van der Waals surface area contributed by atoms with Crippen LogP contribution in [0.15, 0.2) is 18.2 Å². The number of nitrogens with two attached hydrogens (primary N) is 1. The molecule has 6 heteroatoms. The molecule has 1 aromatic carbocycles. The summed E-state index contributed by atoms with van der Waals surface area (Å²) in [6.07, 6.45) is -1.57. The number of rotatable bonds is 5. The number of halogens is 1. The van der Waals surface area contributed by atoms with Crippen LogP contribution in [0.1, 0.15) is 44.4 Å². The molecule has 1 amide bonds. The Morgan fingerprint density at radius 2 is 2.09 bits per heavy atom. The molecule has 0 saturated heterocycles. The summed E-state index contributed by atoms with van der Waals surface area (Å²) in [4.78, 5) is 11.8. The highest BCUT2D eigenvalue weighted by molar-refractivity contribution is 5.68. The normalized spacial score (nSPS) is 14.3. The van der Waals surface area contributed by atoms with E-state index in [1.807, 2.05) is 0 Å². The second-order valence-corrected chi connectivity index (χ2v) is 6.30. The van der Waals surface area contributed by atoms with Gasteiger partial charge in [-0.3, -0.25) is 0 Å². The number of aryl methyl sites for hydroxylation is 1. The highest BCUT2D eigenvalue weighted by Gasteiger charge is 2.26. The quantitative estimate of drug-likeness (QED) is 0.779. The van der Waals surface area contributed by atoms with E-state index in [1.54, 1.807) is 33.8 Å². The molecule has 0 aliphatic heterocycles. The van der Waals surface area contributed by atoms with Crippen LogP contribution in [0.25, 0.3) is 0 Å². The number of hydrogen-bond donors (Lipinski definition) is 3. The Labute approximate surface area is 130 Å². The minimum absolute atomic E-state index is 0.125. The minimum Gasteiger partial charge on any atom is -0.444 e. The van der Waals surface area contributed by atoms with E-state index >= 15 is 0 Å². The number of aliphatic hydroxyl groups excluding tert-OH is 1. The standard InChI is InChI=1S/C16H25FN2O3/c1-10-5-6-11(12(17)9-10)14(20)13(7-8-18)19-15(21)22-16(2,3)4/h5-6,9,13-14,20H,7-8,18H2,1-4H3,(H,19,21). The van der Waals surface area contributed by atoms with Gasteiger partial charge in [0.15, 0.2) is 0 Å². The molecule has 1 aromatic rings. The van der Waals surface area contributed by atoms with Crippen LogP contribution in [0.3, 0.4) is 0 Å². The summed E-state index contributed by atoms with van der Waals surface area (Å²) in [6, 6.07) is 3.83. The fourth-order valence-electron chi connectivity index (χ4n) is 2.04. The van der Waals surface area contributed by atoms with E-state index in [1.165, 1.54) is 12.1 Å². The van der Waals surface area contributed by atoms with Gasteiger partial charge < -0.3 is 20.9 Å². The molecular formula is C16H25FN2O3. The summed E-state index contributed by atoms with van der Waals surface area (Å²) in [7, 11) is 0. The van der Waals surface area contributed by atoms with Crippen LogP contribution >= 0.6 is 0 Å². The largest absolute Gasteiger partial charge is 0.444 e. The zero-order valence-electron chi connectivity index (χ0n) is 13.5. The van der Waals surface area contributed by atoms with Crippen LogP contribution in [0, 0.1) is 12.7 Å². The van der Waals surface area contributed by atoms with E-state index in [0.29, 0.717) is 6.42 Å². The van der Waals surface area contributed by atoms with E-state index in [-0.39, 0.29) is 12.1 Å². The Hall–Kier alpha value is -1.66. The molecule has 0 spiro atoms. The number of ether oxygens (including phenoxy) is 1. The Balaban J connectivity index is 2.87. The third kappa shape index (κ3) is 5.61. The number of amides is 1. The van der Waals surface area contributed by atoms with Gasteiger partial charge in [0.1, 0.15) is 17.5 Å². The SMILES string of the molecule is Cc1ccc(C(O)C(CCN)NC(=O)OC(C)(C)C)c(F)c1. The molecule has 0 radical (unpaired) electrons. The number of alkyl carbamates (subject to hydrolysis) is 1. The van der Waals surface area contributed by atoms with Crippen molar-refractivity contribution in [3.05, 3.63) is 35.1 Å². The van der Waals surface area contributed by atoms with Crippen molar-refractivity contribution in [2.24, 2.45) is 5.73 Å². The Morgan fingerprint density at radius 1 is 1.45 bits per heavy atom. The van der Waals surface area contributed by atoms with Crippen molar-refractivity contribution >= 4 is 6.09 Å². The predicted octanol–water partition coefficient (Wildman–Crippen LogP) is 2.41. The monoisotopic (exact) mass is 312 g/mol. The Kier molecular flexibility index (Phi) is 6.32. The molecule has 0 aromatic heterocycles. The maximum Gasteiger partial charge on any atom is 0.407 e. The highest BCUT2D eigenvalue weighted by Crippen LogP contribution is 2.23. The van der Waals surface area contributed by atoms with E-state index in [0.717, 1.165) is 5.56 Å². The number of carbonyl (C=O) groups is 1. The first-order valence-electron chi connectivity index (χ1n) is 7.27. The molecule has 0 saturated carbocycles. The molecule has 0 aliphatic rings. The number of benzene rings is 1. The molecule has 0 aliphatic carbocycles. The van der Waals surface area contributed by atoms with Gasteiger partial charge in [0, 0.05) is 5.56 Å². The van der Waals surface area contributed by atoms with Gasteiger partial charge in [-0.25, -0.2) is 9.18 Å². The third-order valence-corrected chi connectivity index (χ3v) is 3.04. The average molecular weight is 312 g/mol.